The molecular formula is C36H61N5O7S. The van der Waals surface area contributed by atoms with Crippen LogP contribution in [-0.4, -0.2) is 89.6 Å². The van der Waals surface area contributed by atoms with Crippen molar-refractivity contribution in [3.8, 4) is 0 Å². The van der Waals surface area contributed by atoms with Crippen LogP contribution in [0.5, 0.6) is 0 Å². The number of amides is 5. The predicted octanol–water partition coefficient (Wildman–Crippen LogP) is 3.48. The Kier molecular flexibility index (Phi) is 11.0. The summed E-state index contributed by atoms with van der Waals surface area (Å²) in [7, 11) is -3.56. The standard InChI is InChI=1S/C36H61N5O7S/c1-21(2)18-24(27(42)30(44)37-22-14-15-22)38-29(43)26-25-23(35(25,9)10)19-41(26)31(45)28(33(3,4)5)39-32(46)40-36(16-12-11-13-17-36)20-49(47,48)34(6,7)8/h21-26,28H,11-20H2,1-10H3,(H,37,44)(H,38,43)(H2,39,40,46)/t23-,24?,25-,26-,28+/m0/s1. The number of fused-ring (bicyclic) bond motifs is 1. The molecule has 0 aromatic carbocycles. The molecule has 4 aliphatic rings. The molecule has 49 heavy (non-hydrogen) atoms. The maximum Gasteiger partial charge on any atom is 0.315 e. The van der Waals surface area contributed by atoms with Crippen molar-refractivity contribution in [1.29, 1.82) is 0 Å². The maximum atomic E-state index is 14.5. The summed E-state index contributed by atoms with van der Waals surface area (Å²) in [5, 5.41) is 11.5. The summed E-state index contributed by atoms with van der Waals surface area (Å²) in [6.45, 7) is 18.8. The first-order valence-electron chi connectivity index (χ1n) is 18.2. The third kappa shape index (κ3) is 8.79. The maximum absolute atomic E-state index is 14.5. The summed E-state index contributed by atoms with van der Waals surface area (Å²) >= 11 is 0. The molecule has 3 saturated carbocycles. The molecule has 5 atom stereocenters. The molecule has 12 nitrogen and oxygen atoms in total. The van der Waals surface area contributed by atoms with Crippen LogP contribution in [0.4, 0.5) is 4.79 Å². The summed E-state index contributed by atoms with van der Waals surface area (Å²) in [5.41, 5.74) is -1.91. The number of carbonyl (C=O) groups is 5. The lowest BCUT2D eigenvalue weighted by Crippen LogP contribution is -2.64. The van der Waals surface area contributed by atoms with Crippen molar-refractivity contribution in [2.75, 3.05) is 12.3 Å². The van der Waals surface area contributed by atoms with Crippen LogP contribution in [0.2, 0.25) is 0 Å². The van der Waals surface area contributed by atoms with E-state index in [0.717, 1.165) is 32.1 Å². The first-order valence-corrected chi connectivity index (χ1v) is 19.8. The van der Waals surface area contributed by atoms with E-state index in [1.165, 1.54) is 4.90 Å². The Hall–Kier alpha value is -2.70. The van der Waals surface area contributed by atoms with Crippen LogP contribution in [0.25, 0.3) is 0 Å². The summed E-state index contributed by atoms with van der Waals surface area (Å²) in [4.78, 5) is 69.8. The first-order chi connectivity index (χ1) is 22.4. The van der Waals surface area contributed by atoms with Gasteiger partial charge in [-0.1, -0.05) is 67.7 Å². The van der Waals surface area contributed by atoms with E-state index < -0.39 is 73.2 Å². The van der Waals surface area contributed by atoms with Gasteiger partial charge in [0.15, 0.2) is 9.84 Å². The average Bonchev–Trinajstić information content (AvgIpc) is 3.80. The molecule has 13 heteroatoms. The Morgan fingerprint density at radius 1 is 0.898 bits per heavy atom. The van der Waals surface area contributed by atoms with Gasteiger partial charge in [-0.15, -0.1) is 0 Å². The number of carbonyl (C=O) groups excluding carboxylic acids is 5. The molecule has 0 radical (unpaired) electrons. The van der Waals surface area contributed by atoms with Crippen molar-refractivity contribution in [2.45, 2.75) is 155 Å². The summed E-state index contributed by atoms with van der Waals surface area (Å²) in [6.07, 6.45) is 5.50. The number of urea groups is 1. The molecule has 0 bridgehead atoms. The van der Waals surface area contributed by atoms with Crippen LogP contribution in [0.3, 0.4) is 0 Å². The van der Waals surface area contributed by atoms with Gasteiger partial charge in [-0.3, -0.25) is 19.2 Å². The number of piperidine rings is 1. The van der Waals surface area contributed by atoms with E-state index in [2.05, 4.69) is 35.1 Å². The molecule has 3 aliphatic carbocycles. The molecule has 4 fully saturated rings. The second-order valence-electron chi connectivity index (χ2n) is 18.3. The normalized spacial score (nSPS) is 25.9. The third-order valence-corrected chi connectivity index (χ3v) is 14.0. The van der Waals surface area contributed by atoms with Crippen molar-refractivity contribution in [2.24, 2.45) is 28.6 Å². The van der Waals surface area contributed by atoms with Crippen molar-refractivity contribution in [3.63, 3.8) is 0 Å². The number of nitrogens with zero attached hydrogens (tertiary/aromatic N) is 1. The highest BCUT2D eigenvalue weighted by atomic mass is 32.2. The highest BCUT2D eigenvalue weighted by Gasteiger charge is 2.70. The fourth-order valence-electron chi connectivity index (χ4n) is 7.75. The minimum Gasteiger partial charge on any atom is -0.347 e. The fraction of sp³-hybridized carbons (Fsp3) is 0.861. The van der Waals surface area contributed by atoms with Gasteiger partial charge in [0, 0.05) is 12.6 Å². The second-order valence-corrected chi connectivity index (χ2v) is 21.0. The summed E-state index contributed by atoms with van der Waals surface area (Å²) < 4.78 is 25.6. The van der Waals surface area contributed by atoms with Crippen LogP contribution in [0.15, 0.2) is 0 Å². The number of hydrogen-bond acceptors (Lipinski definition) is 7. The minimum absolute atomic E-state index is 0.00210. The zero-order chi connectivity index (χ0) is 36.9. The summed E-state index contributed by atoms with van der Waals surface area (Å²) in [6, 6.07) is -3.55. The molecular weight excluding hydrogens is 646 g/mol. The lowest BCUT2D eigenvalue weighted by molar-refractivity contribution is -0.145. The highest BCUT2D eigenvalue weighted by molar-refractivity contribution is 7.92. The number of hydrogen-bond donors (Lipinski definition) is 4. The number of ketones is 1. The first kappa shape index (κ1) is 39.1. The van der Waals surface area contributed by atoms with Gasteiger partial charge in [-0.05, 0) is 81.5 Å². The molecule has 0 aromatic rings. The number of rotatable bonds is 12. The fourth-order valence-corrected chi connectivity index (χ4v) is 9.27. The largest absolute Gasteiger partial charge is 0.347 e. The van der Waals surface area contributed by atoms with Crippen molar-refractivity contribution in [3.05, 3.63) is 0 Å². The zero-order valence-corrected chi connectivity index (χ0v) is 32.1. The van der Waals surface area contributed by atoms with Crippen molar-refractivity contribution >= 4 is 39.4 Å². The lowest BCUT2D eigenvalue weighted by Gasteiger charge is -2.41. The predicted molar refractivity (Wildman–Crippen MR) is 188 cm³/mol. The number of likely N-dealkylation sites (tertiary alicyclic amines) is 1. The molecule has 4 N–H and O–H groups in total. The van der Waals surface area contributed by atoms with E-state index in [1.54, 1.807) is 20.8 Å². The summed E-state index contributed by atoms with van der Waals surface area (Å²) in [5.74, 6) is -2.53. The van der Waals surface area contributed by atoms with Gasteiger partial charge in [0.25, 0.3) is 5.91 Å². The van der Waals surface area contributed by atoms with E-state index >= 15 is 0 Å². The van der Waals surface area contributed by atoms with Gasteiger partial charge in [-0.25, -0.2) is 13.2 Å². The van der Waals surface area contributed by atoms with Crippen molar-refractivity contribution < 1.29 is 32.4 Å². The highest BCUT2D eigenvalue weighted by Crippen LogP contribution is 2.65. The second kappa shape index (κ2) is 13.8. The quantitative estimate of drug-likeness (QED) is 0.225. The topological polar surface area (TPSA) is 171 Å². The Labute approximate surface area is 293 Å². The minimum atomic E-state index is -3.56. The van der Waals surface area contributed by atoms with Gasteiger partial charge >= 0.3 is 6.03 Å². The zero-order valence-electron chi connectivity index (χ0n) is 31.3. The molecule has 0 spiro atoms. The Morgan fingerprint density at radius 2 is 1.49 bits per heavy atom. The van der Waals surface area contributed by atoms with E-state index in [1.807, 2.05) is 34.6 Å². The molecule has 1 unspecified atom stereocenters. The SMILES string of the molecule is CC(C)CC(NC(=O)[C@@H]1[C@@H]2[C@H](CN1C(=O)[C@@H](NC(=O)NC1(CS(=O)(=O)C(C)(C)C)CCCCC1)C(C)(C)C)C2(C)C)C(=O)C(=O)NC1CC1. The molecule has 278 valence electrons. The lowest BCUT2D eigenvalue weighted by atomic mass is 9.83. The van der Waals surface area contributed by atoms with Crippen LogP contribution < -0.4 is 21.3 Å². The van der Waals surface area contributed by atoms with Crippen LogP contribution in [0, 0.1) is 28.6 Å². The molecule has 1 heterocycles. The number of sulfone groups is 1. The van der Waals surface area contributed by atoms with Gasteiger partial charge < -0.3 is 26.2 Å². The van der Waals surface area contributed by atoms with Crippen molar-refractivity contribution in [1.82, 2.24) is 26.2 Å². The van der Waals surface area contributed by atoms with E-state index in [4.69, 9.17) is 0 Å². The van der Waals surface area contributed by atoms with Crippen LogP contribution in [0.1, 0.15) is 121 Å². The average molecular weight is 708 g/mol. The van der Waals surface area contributed by atoms with Gasteiger partial charge in [-0.2, -0.15) is 0 Å². The van der Waals surface area contributed by atoms with Gasteiger partial charge in [0.1, 0.15) is 12.1 Å². The van der Waals surface area contributed by atoms with Gasteiger partial charge in [0.05, 0.1) is 22.1 Å². The Morgan fingerprint density at radius 3 is 2.00 bits per heavy atom. The number of nitrogens with one attached hydrogen (secondary N) is 4. The smallest absolute Gasteiger partial charge is 0.315 e. The van der Waals surface area contributed by atoms with Gasteiger partial charge in [0.2, 0.25) is 17.6 Å². The monoisotopic (exact) mass is 707 g/mol. The Balaban J connectivity index is 1.55. The van der Waals surface area contributed by atoms with Crippen LogP contribution in [-0.2, 0) is 29.0 Å². The molecule has 5 amide bonds. The third-order valence-electron chi connectivity index (χ3n) is 11.2. The molecule has 0 aromatic heterocycles. The van der Waals surface area contributed by atoms with E-state index in [-0.39, 0.29) is 41.4 Å². The molecule has 1 saturated heterocycles. The number of Topliss-reactive ketones (excluding diaryl/α,β-unsaturated/α-hetero) is 1. The molecule has 4 rings (SSSR count). The van der Waals surface area contributed by atoms with Crippen LogP contribution >= 0.6 is 0 Å². The Bertz CT molecular complexity index is 1420. The van der Waals surface area contributed by atoms with E-state index in [0.29, 0.717) is 19.4 Å². The molecule has 1 aliphatic heterocycles. The van der Waals surface area contributed by atoms with E-state index in [9.17, 15) is 32.4 Å².